The van der Waals surface area contributed by atoms with Crippen LogP contribution in [0, 0.1) is 11.6 Å². The summed E-state index contributed by atoms with van der Waals surface area (Å²) in [6.07, 6.45) is 3.29. The third-order valence-electron chi connectivity index (χ3n) is 6.17. The molecule has 0 atom stereocenters. The first-order chi connectivity index (χ1) is 15.9. The first-order valence-electron chi connectivity index (χ1n) is 10.8. The fraction of sp³-hybridized carbons (Fsp3) is 0.192. The maximum Gasteiger partial charge on any atom is 0.141 e. The fourth-order valence-electron chi connectivity index (χ4n) is 4.48. The van der Waals surface area contributed by atoms with E-state index in [0.29, 0.717) is 16.7 Å². The fourth-order valence-corrected chi connectivity index (χ4v) is 4.65. The molecule has 4 aromatic rings. The predicted octanol–water partition coefficient (Wildman–Crippen LogP) is 6.13. The molecule has 1 saturated heterocycles. The Balaban J connectivity index is 1.76. The normalized spacial score (nSPS) is 14.7. The molecule has 0 aliphatic carbocycles. The number of hydrogen-bond acceptors (Lipinski definition) is 4. The van der Waals surface area contributed by atoms with Crippen LogP contribution in [0.1, 0.15) is 12.8 Å². The lowest BCUT2D eigenvalue weighted by Crippen LogP contribution is -2.40. The lowest BCUT2D eigenvalue weighted by molar-refractivity contribution is 0.477. The molecule has 168 valence electrons. The van der Waals surface area contributed by atoms with Gasteiger partial charge in [-0.25, -0.2) is 8.78 Å². The van der Waals surface area contributed by atoms with Crippen LogP contribution in [-0.2, 0) is 0 Å². The number of para-hydroxylation sites is 1. The summed E-state index contributed by atoms with van der Waals surface area (Å²) in [5.74, 6) is -1.29. The molecule has 0 radical (unpaired) electrons. The van der Waals surface area contributed by atoms with E-state index in [9.17, 15) is 13.9 Å². The Labute approximate surface area is 195 Å². The summed E-state index contributed by atoms with van der Waals surface area (Å²) in [5, 5.41) is 11.6. The van der Waals surface area contributed by atoms with Crippen molar-refractivity contribution in [3.63, 3.8) is 0 Å². The minimum Gasteiger partial charge on any atom is -0.506 e. The number of fused-ring (bicyclic) bond motifs is 1. The molecule has 2 heterocycles. The van der Waals surface area contributed by atoms with Gasteiger partial charge in [0.15, 0.2) is 0 Å². The number of aromatic nitrogens is 1. The van der Waals surface area contributed by atoms with Gasteiger partial charge in [-0.2, -0.15) is 0 Å². The highest BCUT2D eigenvalue weighted by Gasteiger charge is 2.23. The molecule has 5 rings (SSSR count). The van der Waals surface area contributed by atoms with Gasteiger partial charge in [-0.05, 0) is 54.3 Å². The maximum absolute atomic E-state index is 14.1. The topological polar surface area (TPSA) is 62.4 Å². The van der Waals surface area contributed by atoms with Crippen LogP contribution in [0.5, 0.6) is 5.75 Å². The van der Waals surface area contributed by atoms with Crippen molar-refractivity contribution >= 4 is 28.2 Å². The number of nitrogens with zero attached hydrogens (tertiary/aromatic N) is 2. The quantitative estimate of drug-likeness (QED) is 0.382. The number of nitrogens with two attached hydrogens (primary N) is 1. The summed E-state index contributed by atoms with van der Waals surface area (Å²) in [7, 11) is 0. The van der Waals surface area contributed by atoms with Crippen molar-refractivity contribution in [3.05, 3.63) is 77.5 Å². The molecule has 3 aromatic carbocycles. The number of piperidine rings is 1. The van der Waals surface area contributed by atoms with Gasteiger partial charge in [-0.3, -0.25) is 4.98 Å². The molecule has 1 aliphatic heterocycles. The molecule has 0 unspecified atom stereocenters. The molecule has 3 N–H and O–H groups in total. The van der Waals surface area contributed by atoms with Gasteiger partial charge in [-0.15, -0.1) is 0 Å². The van der Waals surface area contributed by atoms with Crippen LogP contribution in [0.15, 0.2) is 60.8 Å². The molecular formula is C26H22ClF2N3O. The van der Waals surface area contributed by atoms with Crippen LogP contribution in [0.2, 0.25) is 5.02 Å². The van der Waals surface area contributed by atoms with Crippen molar-refractivity contribution in [2.75, 3.05) is 18.0 Å². The van der Waals surface area contributed by atoms with Gasteiger partial charge in [-0.1, -0.05) is 29.8 Å². The third-order valence-corrected chi connectivity index (χ3v) is 6.47. The van der Waals surface area contributed by atoms with Gasteiger partial charge in [0, 0.05) is 47.9 Å². The molecule has 0 spiro atoms. The smallest absolute Gasteiger partial charge is 0.141 e. The van der Waals surface area contributed by atoms with Crippen molar-refractivity contribution in [2.45, 2.75) is 18.9 Å². The number of aromatic hydroxyl groups is 1. The zero-order chi connectivity index (χ0) is 23.1. The molecule has 7 heteroatoms. The van der Waals surface area contributed by atoms with Crippen LogP contribution in [0.25, 0.3) is 33.2 Å². The van der Waals surface area contributed by atoms with Crippen LogP contribution in [-0.4, -0.2) is 29.2 Å². The minimum absolute atomic E-state index is 0.000304. The molecule has 0 saturated carbocycles. The number of hydrogen-bond donors (Lipinski definition) is 2. The average molecular weight is 466 g/mol. The molecular weight excluding hydrogens is 444 g/mol. The summed E-state index contributed by atoms with van der Waals surface area (Å²) in [6.45, 7) is 1.44. The van der Waals surface area contributed by atoms with E-state index in [1.54, 1.807) is 24.4 Å². The van der Waals surface area contributed by atoms with E-state index in [2.05, 4.69) is 9.88 Å². The van der Waals surface area contributed by atoms with Crippen molar-refractivity contribution in [1.29, 1.82) is 0 Å². The van der Waals surface area contributed by atoms with E-state index in [1.165, 1.54) is 12.1 Å². The van der Waals surface area contributed by atoms with Crippen LogP contribution in [0.3, 0.4) is 0 Å². The second kappa shape index (κ2) is 8.61. The Morgan fingerprint density at radius 3 is 2.39 bits per heavy atom. The van der Waals surface area contributed by atoms with E-state index in [1.807, 2.05) is 18.2 Å². The van der Waals surface area contributed by atoms with Crippen LogP contribution >= 0.6 is 11.6 Å². The van der Waals surface area contributed by atoms with E-state index in [0.717, 1.165) is 54.2 Å². The molecule has 0 bridgehead atoms. The molecule has 1 fully saturated rings. The summed E-state index contributed by atoms with van der Waals surface area (Å²) in [4.78, 5) is 6.78. The Kier molecular flexibility index (Phi) is 5.64. The Morgan fingerprint density at radius 1 is 0.939 bits per heavy atom. The van der Waals surface area contributed by atoms with Crippen LogP contribution < -0.4 is 10.6 Å². The first-order valence-corrected chi connectivity index (χ1v) is 11.2. The van der Waals surface area contributed by atoms with Gasteiger partial charge >= 0.3 is 0 Å². The maximum atomic E-state index is 14.1. The van der Waals surface area contributed by atoms with E-state index >= 15 is 0 Å². The second-order valence-corrected chi connectivity index (χ2v) is 8.78. The SMILES string of the molecule is NC1CCN(c2c(-c3cc(F)cc(F)c3)cnc3ccc(-c4cccc(Cl)c4O)cc23)CC1. The van der Waals surface area contributed by atoms with Crippen LogP contribution in [0.4, 0.5) is 14.5 Å². The van der Waals surface area contributed by atoms with Crippen molar-refractivity contribution in [1.82, 2.24) is 4.98 Å². The van der Waals surface area contributed by atoms with E-state index in [-0.39, 0.29) is 16.8 Å². The summed E-state index contributed by atoms with van der Waals surface area (Å²) < 4.78 is 28.2. The lowest BCUT2D eigenvalue weighted by Gasteiger charge is -2.34. The molecule has 1 aromatic heterocycles. The Morgan fingerprint density at radius 2 is 1.67 bits per heavy atom. The second-order valence-electron chi connectivity index (χ2n) is 8.37. The van der Waals surface area contributed by atoms with Gasteiger partial charge in [0.1, 0.15) is 17.4 Å². The number of pyridine rings is 1. The number of benzene rings is 3. The highest BCUT2D eigenvalue weighted by atomic mass is 35.5. The summed E-state index contributed by atoms with van der Waals surface area (Å²) in [6, 6.07) is 14.5. The zero-order valence-electron chi connectivity index (χ0n) is 17.7. The molecule has 1 aliphatic rings. The summed E-state index contributed by atoms with van der Waals surface area (Å²) in [5.41, 5.74) is 10.1. The minimum atomic E-state index is -0.644. The van der Waals surface area contributed by atoms with Gasteiger partial charge in [0.05, 0.1) is 16.2 Å². The van der Waals surface area contributed by atoms with Gasteiger partial charge < -0.3 is 15.7 Å². The predicted molar refractivity (Wildman–Crippen MR) is 129 cm³/mol. The Hall–Kier alpha value is -3.22. The van der Waals surface area contributed by atoms with Gasteiger partial charge in [0.25, 0.3) is 0 Å². The standard InChI is InChI=1S/C26H22ClF2N3O/c27-23-3-1-2-20(26(23)33)15-4-5-24-21(12-15)25(32-8-6-19(30)7-9-32)22(14-31-24)16-10-17(28)13-18(29)11-16/h1-5,10-14,19,33H,6-9,30H2. The molecule has 4 nitrogen and oxygen atoms in total. The number of phenols is 1. The van der Waals surface area contributed by atoms with Crippen molar-refractivity contribution in [2.24, 2.45) is 5.73 Å². The third kappa shape index (κ3) is 4.12. The largest absolute Gasteiger partial charge is 0.506 e. The van der Waals surface area contributed by atoms with Gasteiger partial charge in [0.2, 0.25) is 0 Å². The highest BCUT2D eigenvalue weighted by molar-refractivity contribution is 6.32. The van der Waals surface area contributed by atoms with E-state index < -0.39 is 11.6 Å². The first kappa shape index (κ1) is 21.6. The lowest BCUT2D eigenvalue weighted by atomic mass is 9.96. The summed E-state index contributed by atoms with van der Waals surface area (Å²) >= 11 is 6.13. The molecule has 33 heavy (non-hydrogen) atoms. The zero-order valence-corrected chi connectivity index (χ0v) is 18.5. The highest BCUT2D eigenvalue weighted by Crippen LogP contribution is 2.41. The number of rotatable bonds is 3. The Bertz CT molecular complexity index is 1330. The monoisotopic (exact) mass is 465 g/mol. The molecule has 0 amide bonds. The van der Waals surface area contributed by atoms with Crippen molar-refractivity contribution < 1.29 is 13.9 Å². The number of anilines is 1. The van der Waals surface area contributed by atoms with Crippen molar-refractivity contribution in [3.8, 4) is 28.0 Å². The van der Waals surface area contributed by atoms with E-state index in [4.69, 9.17) is 17.3 Å². The number of halogens is 3. The number of phenolic OH excluding ortho intramolecular Hbond substituents is 1. The average Bonchev–Trinajstić information content (AvgIpc) is 2.80.